The summed E-state index contributed by atoms with van der Waals surface area (Å²) in [6, 6.07) is 20.5. The van der Waals surface area contributed by atoms with Crippen molar-refractivity contribution in [1.29, 1.82) is 0 Å². The van der Waals surface area contributed by atoms with Crippen molar-refractivity contribution in [3.8, 4) is 0 Å². The van der Waals surface area contributed by atoms with E-state index in [9.17, 15) is 4.79 Å². The van der Waals surface area contributed by atoms with E-state index < -0.39 is 0 Å². The minimum atomic E-state index is -0.349. The van der Waals surface area contributed by atoms with Crippen molar-refractivity contribution in [2.75, 3.05) is 17.3 Å². The number of halogens is 1. The first-order valence-electron chi connectivity index (χ1n) is 7.78. The summed E-state index contributed by atoms with van der Waals surface area (Å²) in [7, 11) is 1.93. The Balaban J connectivity index is 1.67. The van der Waals surface area contributed by atoms with E-state index in [0.29, 0.717) is 23.1 Å². The molecular formula is C19H17ClN4O. The molecule has 25 heavy (non-hydrogen) atoms. The van der Waals surface area contributed by atoms with Gasteiger partial charge in [0.1, 0.15) is 0 Å². The Morgan fingerprint density at radius 3 is 2.40 bits per heavy atom. The van der Waals surface area contributed by atoms with Crippen LogP contribution in [0.15, 0.2) is 66.7 Å². The third kappa shape index (κ3) is 4.33. The molecule has 5 nitrogen and oxygen atoms in total. The second kappa shape index (κ2) is 7.77. The molecule has 1 N–H and O–H groups in total. The van der Waals surface area contributed by atoms with Gasteiger partial charge in [0.25, 0.3) is 5.91 Å². The molecular weight excluding hydrogens is 336 g/mol. The number of benzene rings is 2. The first-order valence-corrected chi connectivity index (χ1v) is 8.16. The highest BCUT2D eigenvalue weighted by Crippen LogP contribution is 2.21. The maximum Gasteiger partial charge on any atom is 0.276 e. The lowest BCUT2D eigenvalue weighted by Crippen LogP contribution is -2.20. The maximum atomic E-state index is 12.3. The van der Waals surface area contributed by atoms with Crippen molar-refractivity contribution in [3.05, 3.63) is 83.0 Å². The lowest BCUT2D eigenvalue weighted by atomic mass is 10.2. The largest absolute Gasteiger partial charge is 0.354 e. The Hall–Kier alpha value is -2.92. The summed E-state index contributed by atoms with van der Waals surface area (Å²) in [5.41, 5.74) is 1.95. The second-order valence-corrected chi connectivity index (χ2v) is 5.96. The number of amides is 1. The molecule has 0 fully saturated rings. The fourth-order valence-corrected chi connectivity index (χ4v) is 2.52. The summed E-state index contributed by atoms with van der Waals surface area (Å²) in [6.07, 6.45) is 0. The highest BCUT2D eigenvalue weighted by molar-refractivity contribution is 6.33. The number of hydrogen-bond donors (Lipinski definition) is 1. The number of hydrogen-bond acceptors (Lipinski definition) is 4. The zero-order valence-electron chi connectivity index (χ0n) is 13.7. The Morgan fingerprint density at radius 1 is 1.00 bits per heavy atom. The SMILES string of the molecule is CN(Cc1ccccc1)c1ccc(C(=O)Nc2ccccc2Cl)nn1. The Kier molecular flexibility index (Phi) is 5.26. The number of rotatable bonds is 5. The fraction of sp³-hybridized carbons (Fsp3) is 0.105. The van der Waals surface area contributed by atoms with Crippen LogP contribution in [0.25, 0.3) is 0 Å². The number of anilines is 2. The van der Waals surface area contributed by atoms with Crippen molar-refractivity contribution >= 4 is 29.0 Å². The lowest BCUT2D eigenvalue weighted by Gasteiger charge is -2.17. The minimum Gasteiger partial charge on any atom is -0.354 e. The molecule has 0 radical (unpaired) electrons. The van der Waals surface area contributed by atoms with Crippen LogP contribution >= 0.6 is 11.6 Å². The van der Waals surface area contributed by atoms with E-state index in [0.717, 1.165) is 0 Å². The molecule has 0 aliphatic rings. The minimum absolute atomic E-state index is 0.233. The molecule has 126 valence electrons. The van der Waals surface area contributed by atoms with Crippen molar-refractivity contribution in [3.63, 3.8) is 0 Å². The van der Waals surface area contributed by atoms with Crippen LogP contribution < -0.4 is 10.2 Å². The van der Waals surface area contributed by atoms with Gasteiger partial charge in [0.2, 0.25) is 0 Å². The second-order valence-electron chi connectivity index (χ2n) is 5.55. The third-order valence-electron chi connectivity index (χ3n) is 3.66. The van der Waals surface area contributed by atoms with E-state index in [1.807, 2.05) is 30.1 Å². The molecule has 0 aliphatic carbocycles. The van der Waals surface area contributed by atoms with Gasteiger partial charge in [0, 0.05) is 13.6 Å². The summed E-state index contributed by atoms with van der Waals surface area (Å²) >= 11 is 6.04. The highest BCUT2D eigenvalue weighted by Gasteiger charge is 2.11. The monoisotopic (exact) mass is 352 g/mol. The number of nitrogens with one attached hydrogen (secondary N) is 1. The van der Waals surface area contributed by atoms with Crippen LogP contribution in [0, 0.1) is 0 Å². The summed E-state index contributed by atoms with van der Waals surface area (Å²) < 4.78 is 0. The lowest BCUT2D eigenvalue weighted by molar-refractivity contribution is 0.102. The smallest absolute Gasteiger partial charge is 0.276 e. The Bertz CT molecular complexity index is 853. The Morgan fingerprint density at radius 2 is 1.72 bits per heavy atom. The molecule has 0 saturated heterocycles. The van der Waals surface area contributed by atoms with Gasteiger partial charge in [-0.1, -0.05) is 54.1 Å². The number of nitrogens with zero attached hydrogens (tertiary/aromatic N) is 3. The standard InChI is InChI=1S/C19H17ClN4O/c1-24(13-14-7-3-2-4-8-14)18-12-11-17(22-23-18)19(25)21-16-10-6-5-9-15(16)20/h2-12H,13H2,1H3,(H,21,25). The molecule has 0 aliphatic heterocycles. The van der Waals surface area contributed by atoms with Crippen LogP contribution in [0.1, 0.15) is 16.1 Å². The van der Waals surface area contributed by atoms with E-state index >= 15 is 0 Å². The number of para-hydroxylation sites is 1. The van der Waals surface area contributed by atoms with Crippen molar-refractivity contribution in [2.24, 2.45) is 0 Å². The predicted octanol–water partition coefficient (Wildman–Crippen LogP) is 4.02. The van der Waals surface area contributed by atoms with Gasteiger partial charge in [-0.15, -0.1) is 10.2 Å². The van der Waals surface area contributed by atoms with E-state index in [-0.39, 0.29) is 11.6 Å². The number of carbonyl (C=O) groups is 1. The maximum absolute atomic E-state index is 12.3. The van der Waals surface area contributed by atoms with Gasteiger partial charge < -0.3 is 10.2 Å². The van der Waals surface area contributed by atoms with E-state index in [1.165, 1.54) is 5.56 Å². The highest BCUT2D eigenvalue weighted by atomic mass is 35.5. The van der Waals surface area contributed by atoms with Crippen LogP contribution in [-0.4, -0.2) is 23.2 Å². The molecule has 0 unspecified atom stereocenters. The molecule has 0 spiro atoms. The van der Waals surface area contributed by atoms with Gasteiger partial charge in [-0.25, -0.2) is 0 Å². The molecule has 0 bridgehead atoms. The normalized spacial score (nSPS) is 10.3. The van der Waals surface area contributed by atoms with Crippen LogP contribution in [0.5, 0.6) is 0 Å². The number of carbonyl (C=O) groups excluding carboxylic acids is 1. The summed E-state index contributed by atoms with van der Waals surface area (Å²) in [4.78, 5) is 14.2. The third-order valence-corrected chi connectivity index (χ3v) is 3.99. The molecule has 1 amide bonds. The average molecular weight is 353 g/mol. The summed E-state index contributed by atoms with van der Waals surface area (Å²) in [6.45, 7) is 0.709. The molecule has 0 saturated carbocycles. The number of aromatic nitrogens is 2. The van der Waals surface area contributed by atoms with Crippen LogP contribution in [-0.2, 0) is 6.54 Å². The summed E-state index contributed by atoms with van der Waals surface area (Å²) in [5, 5.41) is 11.4. The van der Waals surface area contributed by atoms with E-state index in [4.69, 9.17) is 11.6 Å². The van der Waals surface area contributed by atoms with Gasteiger partial charge in [0.05, 0.1) is 10.7 Å². The average Bonchev–Trinajstić information content (AvgIpc) is 2.64. The van der Waals surface area contributed by atoms with Gasteiger partial charge in [-0.3, -0.25) is 4.79 Å². The van der Waals surface area contributed by atoms with E-state index in [2.05, 4.69) is 27.6 Å². The van der Waals surface area contributed by atoms with Crippen LogP contribution in [0.4, 0.5) is 11.5 Å². The van der Waals surface area contributed by atoms with Crippen LogP contribution in [0.2, 0.25) is 5.02 Å². The van der Waals surface area contributed by atoms with Gasteiger partial charge in [-0.2, -0.15) is 0 Å². The zero-order chi connectivity index (χ0) is 17.6. The topological polar surface area (TPSA) is 58.1 Å². The first kappa shape index (κ1) is 16.9. The zero-order valence-corrected chi connectivity index (χ0v) is 14.4. The predicted molar refractivity (Wildman–Crippen MR) is 100.0 cm³/mol. The molecule has 0 atom stereocenters. The Labute approximate surface area is 151 Å². The molecule has 3 aromatic rings. The molecule has 1 aromatic heterocycles. The molecule has 1 heterocycles. The van der Waals surface area contributed by atoms with Gasteiger partial charge >= 0.3 is 0 Å². The first-order chi connectivity index (χ1) is 12.1. The van der Waals surface area contributed by atoms with Crippen LogP contribution in [0.3, 0.4) is 0 Å². The van der Waals surface area contributed by atoms with Crippen molar-refractivity contribution < 1.29 is 4.79 Å². The molecule has 2 aromatic carbocycles. The van der Waals surface area contributed by atoms with Gasteiger partial charge in [-0.05, 0) is 29.8 Å². The van der Waals surface area contributed by atoms with E-state index in [1.54, 1.807) is 36.4 Å². The van der Waals surface area contributed by atoms with Crippen molar-refractivity contribution in [2.45, 2.75) is 6.54 Å². The fourth-order valence-electron chi connectivity index (χ4n) is 2.34. The van der Waals surface area contributed by atoms with Crippen molar-refractivity contribution in [1.82, 2.24) is 10.2 Å². The van der Waals surface area contributed by atoms with Gasteiger partial charge in [0.15, 0.2) is 11.5 Å². The molecule has 6 heteroatoms. The molecule has 3 rings (SSSR count). The quantitative estimate of drug-likeness (QED) is 0.753. The summed E-state index contributed by atoms with van der Waals surface area (Å²) in [5.74, 6) is 0.344.